The van der Waals surface area contributed by atoms with Crippen LogP contribution in [0.25, 0.3) is 0 Å². The van der Waals surface area contributed by atoms with E-state index in [2.05, 4.69) is 12.2 Å². The van der Waals surface area contributed by atoms with Crippen molar-refractivity contribution in [2.24, 2.45) is 11.8 Å². The summed E-state index contributed by atoms with van der Waals surface area (Å²) in [5.74, 6) is 0.690. The van der Waals surface area contributed by atoms with Crippen LogP contribution in [0.1, 0.15) is 63.7 Å². The highest BCUT2D eigenvalue weighted by atomic mass is 19.4. The van der Waals surface area contributed by atoms with E-state index in [1.165, 1.54) is 19.1 Å². The number of halogens is 3. The number of ether oxygens (including phenoxy) is 1. The largest absolute Gasteiger partial charge is 0.416 e. The third kappa shape index (κ3) is 3.90. The van der Waals surface area contributed by atoms with E-state index in [4.69, 9.17) is 4.74 Å². The summed E-state index contributed by atoms with van der Waals surface area (Å²) in [6.45, 7) is 5.74. The highest BCUT2D eigenvalue weighted by molar-refractivity contribution is 5.73. The predicted octanol–water partition coefficient (Wildman–Crippen LogP) is 4.87. The molecule has 0 unspecified atom stereocenters. The summed E-state index contributed by atoms with van der Waals surface area (Å²) in [4.78, 5) is 11.8. The van der Waals surface area contributed by atoms with Crippen LogP contribution >= 0.6 is 0 Å². The molecule has 5 atom stereocenters. The van der Waals surface area contributed by atoms with Crippen molar-refractivity contribution >= 4 is 5.91 Å². The monoisotopic (exact) mass is 369 g/mol. The number of amides is 1. The van der Waals surface area contributed by atoms with E-state index in [1.54, 1.807) is 0 Å². The minimum absolute atomic E-state index is 0.0108. The first kappa shape index (κ1) is 19.2. The predicted molar refractivity (Wildman–Crippen MR) is 92.4 cm³/mol. The maximum Gasteiger partial charge on any atom is 0.416 e. The number of carbonyl (C=O) groups is 1. The number of hydrogen-bond acceptors (Lipinski definition) is 2. The molecule has 0 radical (unpaired) electrons. The highest BCUT2D eigenvalue weighted by Crippen LogP contribution is 2.48. The van der Waals surface area contributed by atoms with Gasteiger partial charge in [0.15, 0.2) is 0 Å². The van der Waals surface area contributed by atoms with E-state index in [-0.39, 0.29) is 24.0 Å². The second-order valence-corrected chi connectivity index (χ2v) is 8.11. The summed E-state index contributed by atoms with van der Waals surface area (Å²) >= 11 is 0. The molecular weight excluding hydrogens is 343 g/mol. The quantitative estimate of drug-likeness (QED) is 0.808. The van der Waals surface area contributed by atoms with E-state index in [1.807, 2.05) is 6.92 Å². The summed E-state index contributed by atoms with van der Waals surface area (Å²) in [5.41, 5.74) is -0.348. The summed E-state index contributed by atoms with van der Waals surface area (Å²) in [7, 11) is 0. The van der Waals surface area contributed by atoms with Gasteiger partial charge < -0.3 is 10.1 Å². The van der Waals surface area contributed by atoms with Crippen LogP contribution in [0.4, 0.5) is 13.2 Å². The smallest absolute Gasteiger partial charge is 0.370 e. The zero-order chi connectivity index (χ0) is 19.1. The Morgan fingerprint density at radius 1 is 1.23 bits per heavy atom. The minimum Gasteiger partial charge on any atom is -0.370 e. The van der Waals surface area contributed by atoms with Crippen LogP contribution in [0.3, 0.4) is 0 Å². The van der Waals surface area contributed by atoms with Crippen LogP contribution in [-0.2, 0) is 15.7 Å². The molecule has 1 saturated carbocycles. The molecule has 3 nitrogen and oxygen atoms in total. The number of benzene rings is 1. The standard InChI is InChI=1S/C20H26F3NO2/c1-12-4-9-16-17(10-12)26-18(11-19(16,3)24-13(2)25)14-5-7-15(8-6-14)20(21,22)23/h5-8,12,16-18H,4,9-11H2,1-3H3,(H,24,25)/t12-,16-,17-,18-,19-/m1/s1. The van der Waals surface area contributed by atoms with Crippen molar-refractivity contribution in [3.05, 3.63) is 35.4 Å². The lowest BCUT2D eigenvalue weighted by atomic mass is 9.66. The van der Waals surface area contributed by atoms with Gasteiger partial charge in [-0.3, -0.25) is 4.79 Å². The molecule has 3 rings (SSSR count). The van der Waals surface area contributed by atoms with E-state index >= 15 is 0 Å². The van der Waals surface area contributed by atoms with Gasteiger partial charge in [0.25, 0.3) is 0 Å². The summed E-state index contributed by atoms with van der Waals surface area (Å²) in [6, 6.07) is 5.19. The van der Waals surface area contributed by atoms with E-state index < -0.39 is 17.3 Å². The number of rotatable bonds is 2. The van der Waals surface area contributed by atoms with Gasteiger partial charge in [-0.05, 0) is 43.4 Å². The topological polar surface area (TPSA) is 38.3 Å². The van der Waals surface area contributed by atoms with Crippen molar-refractivity contribution in [2.45, 2.75) is 70.4 Å². The van der Waals surface area contributed by atoms with E-state index in [9.17, 15) is 18.0 Å². The Bertz CT molecular complexity index is 658. The highest BCUT2D eigenvalue weighted by Gasteiger charge is 2.49. The lowest BCUT2D eigenvalue weighted by Gasteiger charge is -2.52. The summed E-state index contributed by atoms with van der Waals surface area (Å²) in [5, 5.41) is 3.11. The van der Waals surface area contributed by atoms with Crippen LogP contribution in [0, 0.1) is 11.8 Å². The SMILES string of the molecule is CC(=O)N[C@]1(C)C[C@H](c2ccc(C(F)(F)F)cc2)O[C@@H]2C[C@H](C)CC[C@H]21. The molecule has 1 N–H and O–H groups in total. The zero-order valence-electron chi connectivity index (χ0n) is 15.4. The van der Waals surface area contributed by atoms with Gasteiger partial charge in [-0.25, -0.2) is 0 Å². The maximum absolute atomic E-state index is 12.8. The molecule has 0 spiro atoms. The van der Waals surface area contributed by atoms with Crippen LogP contribution in [0.15, 0.2) is 24.3 Å². The summed E-state index contributed by atoms with van der Waals surface area (Å²) in [6.07, 6.45) is -1.09. The first-order valence-corrected chi connectivity index (χ1v) is 9.20. The number of nitrogens with one attached hydrogen (secondary N) is 1. The Balaban J connectivity index is 1.87. The van der Waals surface area contributed by atoms with Gasteiger partial charge in [-0.1, -0.05) is 25.5 Å². The number of fused-ring (bicyclic) bond motifs is 1. The lowest BCUT2D eigenvalue weighted by molar-refractivity contribution is -0.153. The molecule has 1 saturated heterocycles. The van der Waals surface area contributed by atoms with Gasteiger partial charge >= 0.3 is 6.18 Å². The van der Waals surface area contributed by atoms with Gasteiger partial charge in [-0.2, -0.15) is 13.2 Å². The fourth-order valence-corrected chi connectivity index (χ4v) is 4.63. The second-order valence-electron chi connectivity index (χ2n) is 8.11. The van der Waals surface area contributed by atoms with Crippen LogP contribution < -0.4 is 5.32 Å². The Hall–Kier alpha value is -1.56. The maximum atomic E-state index is 12.8. The van der Waals surface area contributed by atoms with Crippen LogP contribution in [0.5, 0.6) is 0 Å². The molecule has 0 bridgehead atoms. The number of hydrogen-bond donors (Lipinski definition) is 1. The fourth-order valence-electron chi connectivity index (χ4n) is 4.63. The average Bonchev–Trinajstić information content (AvgIpc) is 2.52. The van der Waals surface area contributed by atoms with Crippen LogP contribution in [0.2, 0.25) is 0 Å². The third-order valence-corrected chi connectivity index (χ3v) is 5.89. The molecule has 2 aliphatic rings. The molecule has 1 amide bonds. The first-order chi connectivity index (χ1) is 12.1. The normalized spacial score (nSPS) is 34.8. The molecular formula is C20H26F3NO2. The Labute approximate surface area is 152 Å². The van der Waals surface area contributed by atoms with Crippen molar-refractivity contribution in [2.75, 3.05) is 0 Å². The Morgan fingerprint density at radius 2 is 1.88 bits per heavy atom. The van der Waals surface area contributed by atoms with Crippen molar-refractivity contribution in [3.8, 4) is 0 Å². The van der Waals surface area contributed by atoms with Gasteiger partial charge in [0, 0.05) is 24.8 Å². The zero-order valence-corrected chi connectivity index (χ0v) is 15.4. The van der Waals surface area contributed by atoms with Crippen molar-refractivity contribution in [1.29, 1.82) is 0 Å². The molecule has 1 aliphatic heterocycles. The molecule has 1 heterocycles. The Morgan fingerprint density at radius 3 is 2.46 bits per heavy atom. The molecule has 1 aromatic carbocycles. The first-order valence-electron chi connectivity index (χ1n) is 9.20. The third-order valence-electron chi connectivity index (χ3n) is 5.89. The van der Waals surface area contributed by atoms with E-state index in [0.717, 1.165) is 37.0 Å². The number of alkyl halides is 3. The van der Waals surface area contributed by atoms with Gasteiger partial charge in [0.05, 0.1) is 17.8 Å². The van der Waals surface area contributed by atoms with Gasteiger partial charge in [0.1, 0.15) is 0 Å². The molecule has 2 fully saturated rings. The molecule has 1 aliphatic carbocycles. The lowest BCUT2D eigenvalue weighted by Crippen LogP contribution is -2.60. The fraction of sp³-hybridized carbons (Fsp3) is 0.650. The average molecular weight is 369 g/mol. The molecule has 144 valence electrons. The molecule has 1 aromatic rings. The minimum atomic E-state index is -4.35. The van der Waals surface area contributed by atoms with Gasteiger partial charge in [-0.15, -0.1) is 0 Å². The van der Waals surface area contributed by atoms with Crippen molar-refractivity contribution in [1.82, 2.24) is 5.32 Å². The summed E-state index contributed by atoms with van der Waals surface area (Å²) < 4.78 is 44.8. The molecule has 26 heavy (non-hydrogen) atoms. The Kier molecular flexibility index (Phi) is 5.08. The van der Waals surface area contributed by atoms with Crippen LogP contribution in [-0.4, -0.2) is 17.6 Å². The van der Waals surface area contributed by atoms with E-state index in [0.29, 0.717) is 12.3 Å². The number of carbonyl (C=O) groups excluding carboxylic acids is 1. The molecule has 6 heteroatoms. The van der Waals surface area contributed by atoms with Crippen molar-refractivity contribution in [3.63, 3.8) is 0 Å². The second kappa shape index (κ2) is 6.87. The van der Waals surface area contributed by atoms with Gasteiger partial charge in [0.2, 0.25) is 5.91 Å². The molecule has 0 aromatic heterocycles. The van der Waals surface area contributed by atoms with Crippen molar-refractivity contribution < 1.29 is 22.7 Å².